The fourth-order valence-electron chi connectivity index (χ4n) is 1.87. The van der Waals surface area contributed by atoms with Gasteiger partial charge in [0.25, 0.3) is 0 Å². The third-order valence-corrected chi connectivity index (χ3v) is 3.13. The van der Waals surface area contributed by atoms with E-state index in [4.69, 9.17) is 21.7 Å². The van der Waals surface area contributed by atoms with Crippen molar-refractivity contribution in [1.82, 2.24) is 5.43 Å². The van der Waals surface area contributed by atoms with Crippen LogP contribution in [0.2, 0.25) is 0 Å². The lowest BCUT2D eigenvalue weighted by Crippen LogP contribution is -2.23. The molecule has 0 atom stereocenters. The molecule has 2 aromatic carbocycles. The summed E-state index contributed by atoms with van der Waals surface area (Å²) in [6.45, 7) is 4.09. The molecule has 0 aliphatic rings. The molecule has 0 unspecified atom stereocenters. The molecule has 5 nitrogen and oxygen atoms in total. The van der Waals surface area contributed by atoms with Crippen LogP contribution in [0.5, 0.6) is 11.5 Å². The first-order valence-corrected chi connectivity index (χ1v) is 7.70. The summed E-state index contributed by atoms with van der Waals surface area (Å²) in [5.41, 5.74) is 4.49. The molecule has 124 valence electrons. The minimum Gasteiger partial charge on any atom is -0.497 e. The van der Waals surface area contributed by atoms with Crippen LogP contribution in [-0.2, 0) is 0 Å². The number of nitrogens with zero attached hydrogens (tertiary/aromatic N) is 1. The number of rotatable bonds is 7. The Bertz CT molecular complexity index is 732. The zero-order valence-corrected chi connectivity index (χ0v) is 14.2. The molecule has 2 rings (SSSR count). The minimum atomic E-state index is 0.388. The Morgan fingerprint density at radius 1 is 1.21 bits per heavy atom. The predicted molar refractivity (Wildman–Crippen MR) is 102 cm³/mol. The summed E-state index contributed by atoms with van der Waals surface area (Å²) in [5, 5.41) is 7.54. The van der Waals surface area contributed by atoms with Gasteiger partial charge in [0.15, 0.2) is 5.11 Å². The quantitative estimate of drug-likeness (QED) is 0.349. The van der Waals surface area contributed by atoms with Crippen LogP contribution in [0.15, 0.2) is 66.3 Å². The van der Waals surface area contributed by atoms with Crippen LogP contribution in [0, 0.1) is 0 Å². The molecule has 0 saturated heterocycles. The summed E-state index contributed by atoms with van der Waals surface area (Å²) >= 11 is 5.20. The van der Waals surface area contributed by atoms with Gasteiger partial charge >= 0.3 is 0 Å². The zero-order chi connectivity index (χ0) is 17.2. The number of nitrogens with one attached hydrogen (secondary N) is 2. The first-order chi connectivity index (χ1) is 11.7. The second-order valence-corrected chi connectivity index (χ2v) is 5.14. The Morgan fingerprint density at radius 3 is 2.79 bits per heavy atom. The van der Waals surface area contributed by atoms with Gasteiger partial charge in [-0.15, -0.1) is 0 Å². The highest BCUT2D eigenvalue weighted by atomic mass is 32.1. The summed E-state index contributed by atoms with van der Waals surface area (Å²) in [6.07, 6.45) is 3.37. The number of ether oxygens (including phenoxy) is 2. The monoisotopic (exact) mass is 341 g/mol. The van der Waals surface area contributed by atoms with Crippen LogP contribution in [0.25, 0.3) is 0 Å². The maximum atomic E-state index is 5.47. The molecule has 0 saturated carbocycles. The molecule has 0 aliphatic heterocycles. The van der Waals surface area contributed by atoms with Crippen molar-refractivity contribution in [3.63, 3.8) is 0 Å². The van der Waals surface area contributed by atoms with E-state index in [1.165, 1.54) is 0 Å². The van der Waals surface area contributed by atoms with Crippen LogP contribution >= 0.6 is 12.2 Å². The molecule has 2 aromatic rings. The fourth-order valence-corrected chi connectivity index (χ4v) is 2.04. The Hall–Kier alpha value is -2.86. The van der Waals surface area contributed by atoms with Gasteiger partial charge in [0.05, 0.1) is 13.3 Å². The van der Waals surface area contributed by atoms with Crippen molar-refractivity contribution in [2.75, 3.05) is 19.0 Å². The van der Waals surface area contributed by atoms with Crippen molar-refractivity contribution in [1.29, 1.82) is 0 Å². The van der Waals surface area contributed by atoms with Gasteiger partial charge in [-0.2, -0.15) is 5.10 Å². The SMILES string of the molecule is C=CCOc1cccc(/C=N\NC(=S)Nc2cccc(OC)c2)c1. The lowest BCUT2D eigenvalue weighted by Gasteiger charge is -2.08. The smallest absolute Gasteiger partial charge is 0.191 e. The van der Waals surface area contributed by atoms with E-state index < -0.39 is 0 Å². The number of benzene rings is 2. The van der Waals surface area contributed by atoms with Gasteiger partial charge < -0.3 is 14.8 Å². The molecule has 0 radical (unpaired) electrons. The highest BCUT2D eigenvalue weighted by Gasteiger charge is 1.98. The third kappa shape index (κ3) is 5.73. The van der Waals surface area contributed by atoms with E-state index in [1.807, 2.05) is 48.5 Å². The molecule has 0 aliphatic carbocycles. The molecule has 0 amide bonds. The van der Waals surface area contributed by atoms with E-state index in [2.05, 4.69) is 22.4 Å². The van der Waals surface area contributed by atoms with Gasteiger partial charge in [0.1, 0.15) is 18.1 Å². The predicted octanol–water partition coefficient (Wildman–Crippen LogP) is 3.58. The Labute approximate surface area is 147 Å². The average Bonchev–Trinajstić information content (AvgIpc) is 2.60. The molecule has 2 N–H and O–H groups in total. The number of anilines is 1. The summed E-state index contributed by atoms with van der Waals surface area (Å²) in [6, 6.07) is 15.1. The first kappa shape index (κ1) is 17.5. The lowest BCUT2D eigenvalue weighted by atomic mass is 10.2. The van der Waals surface area contributed by atoms with Crippen LogP contribution < -0.4 is 20.2 Å². The van der Waals surface area contributed by atoms with Crippen molar-refractivity contribution in [3.05, 3.63) is 66.7 Å². The van der Waals surface area contributed by atoms with Gasteiger partial charge in [-0.05, 0) is 42.0 Å². The third-order valence-electron chi connectivity index (χ3n) is 2.93. The zero-order valence-electron chi connectivity index (χ0n) is 13.4. The second-order valence-electron chi connectivity index (χ2n) is 4.73. The van der Waals surface area contributed by atoms with Crippen LogP contribution in [-0.4, -0.2) is 25.0 Å². The number of thiocarbonyl (C=S) groups is 1. The van der Waals surface area contributed by atoms with Crippen molar-refractivity contribution in [2.24, 2.45) is 5.10 Å². The maximum absolute atomic E-state index is 5.47. The second kappa shape index (κ2) is 9.32. The number of hydrogen-bond acceptors (Lipinski definition) is 4. The largest absolute Gasteiger partial charge is 0.497 e. The van der Waals surface area contributed by atoms with Crippen LogP contribution in [0.4, 0.5) is 5.69 Å². The number of hydrazone groups is 1. The Kier molecular flexibility index (Phi) is 6.79. The highest BCUT2D eigenvalue weighted by Crippen LogP contribution is 2.16. The van der Waals surface area contributed by atoms with Crippen molar-refractivity contribution < 1.29 is 9.47 Å². The van der Waals surface area contributed by atoms with E-state index in [0.29, 0.717) is 11.7 Å². The summed E-state index contributed by atoms with van der Waals surface area (Å²) in [4.78, 5) is 0. The molecule has 6 heteroatoms. The highest BCUT2D eigenvalue weighted by molar-refractivity contribution is 7.80. The van der Waals surface area contributed by atoms with Gasteiger partial charge in [-0.25, -0.2) is 0 Å². The van der Waals surface area contributed by atoms with Gasteiger partial charge in [0, 0.05) is 11.8 Å². The topological polar surface area (TPSA) is 54.9 Å². The molecule has 0 bridgehead atoms. The van der Waals surface area contributed by atoms with Gasteiger partial charge in [0.2, 0.25) is 0 Å². The lowest BCUT2D eigenvalue weighted by molar-refractivity contribution is 0.363. The molecule has 24 heavy (non-hydrogen) atoms. The Morgan fingerprint density at radius 2 is 2.00 bits per heavy atom. The molecular weight excluding hydrogens is 322 g/mol. The average molecular weight is 341 g/mol. The normalized spacial score (nSPS) is 10.2. The van der Waals surface area contributed by atoms with E-state index in [9.17, 15) is 0 Å². The summed E-state index contributed by atoms with van der Waals surface area (Å²) in [5.74, 6) is 1.51. The number of hydrogen-bond donors (Lipinski definition) is 2. The minimum absolute atomic E-state index is 0.388. The maximum Gasteiger partial charge on any atom is 0.191 e. The first-order valence-electron chi connectivity index (χ1n) is 7.29. The number of methoxy groups -OCH3 is 1. The molecule has 0 fully saturated rings. The van der Waals surface area contributed by atoms with Crippen molar-refractivity contribution >= 4 is 29.2 Å². The van der Waals surface area contributed by atoms with Crippen LogP contribution in [0.1, 0.15) is 5.56 Å². The molecule has 0 heterocycles. The standard InChI is InChI=1S/C18H19N3O2S/c1-3-10-23-17-9-4-6-14(11-17)13-19-21-18(24)20-15-7-5-8-16(12-15)22-2/h3-9,11-13H,1,10H2,2H3,(H2,20,21,24)/b19-13-. The Balaban J connectivity index is 1.88. The summed E-state index contributed by atoms with van der Waals surface area (Å²) in [7, 11) is 1.62. The molecule has 0 aromatic heterocycles. The molecular formula is C18H19N3O2S. The van der Waals surface area contributed by atoms with Gasteiger partial charge in [-0.3, -0.25) is 5.43 Å². The van der Waals surface area contributed by atoms with Gasteiger partial charge in [-0.1, -0.05) is 30.9 Å². The fraction of sp³-hybridized carbons (Fsp3) is 0.111. The van der Waals surface area contributed by atoms with Crippen molar-refractivity contribution in [2.45, 2.75) is 0 Å². The summed E-state index contributed by atoms with van der Waals surface area (Å²) < 4.78 is 10.6. The van der Waals surface area contributed by atoms with E-state index >= 15 is 0 Å². The molecule has 0 spiro atoms. The van der Waals surface area contributed by atoms with Crippen molar-refractivity contribution in [3.8, 4) is 11.5 Å². The van der Waals surface area contributed by atoms with Crippen LogP contribution in [0.3, 0.4) is 0 Å². The van der Waals surface area contributed by atoms with E-state index in [1.54, 1.807) is 19.4 Å². The van der Waals surface area contributed by atoms with E-state index in [-0.39, 0.29) is 0 Å². The van der Waals surface area contributed by atoms with E-state index in [0.717, 1.165) is 22.7 Å².